The molecule has 0 bridgehead atoms. The summed E-state index contributed by atoms with van der Waals surface area (Å²) in [6, 6.07) is 12.9. The molecule has 1 aliphatic carbocycles. The molecule has 0 spiro atoms. The molecule has 3 aromatic rings. The number of hydrogen-bond acceptors (Lipinski definition) is 2. The van der Waals surface area contributed by atoms with Crippen molar-refractivity contribution in [2.24, 2.45) is 0 Å². The van der Waals surface area contributed by atoms with Gasteiger partial charge in [0.15, 0.2) is 0 Å². The number of anilines is 1. The molecule has 4 heteroatoms. The molecule has 2 aromatic carbocycles. The van der Waals surface area contributed by atoms with Crippen molar-refractivity contribution in [3.8, 4) is 5.69 Å². The Hall–Kier alpha value is -1.56. The first kappa shape index (κ1) is 13.1. The molecule has 0 saturated carbocycles. The van der Waals surface area contributed by atoms with Crippen LogP contribution in [0.25, 0.3) is 16.7 Å². The molecular weight excluding hydrogens is 373 g/mol. The van der Waals surface area contributed by atoms with Gasteiger partial charge in [0.25, 0.3) is 0 Å². The van der Waals surface area contributed by atoms with Crippen molar-refractivity contribution in [3.05, 3.63) is 51.1 Å². The highest BCUT2D eigenvalue weighted by Gasteiger charge is 2.17. The molecule has 2 N–H and O–H groups in total. The van der Waals surface area contributed by atoms with Crippen molar-refractivity contribution < 1.29 is 0 Å². The van der Waals surface area contributed by atoms with Gasteiger partial charge in [-0.05, 0) is 83.7 Å². The topological polar surface area (TPSA) is 43.8 Å². The van der Waals surface area contributed by atoms with Crippen molar-refractivity contribution in [1.29, 1.82) is 0 Å². The van der Waals surface area contributed by atoms with E-state index in [0.29, 0.717) is 5.95 Å². The second-order valence-corrected chi connectivity index (χ2v) is 6.81. The maximum Gasteiger partial charge on any atom is 0.205 e. The summed E-state index contributed by atoms with van der Waals surface area (Å²) in [4.78, 5) is 4.54. The lowest BCUT2D eigenvalue weighted by atomic mass is 9.90. The summed E-state index contributed by atoms with van der Waals surface area (Å²) in [5, 5.41) is 0. The third-order valence-corrected chi connectivity index (χ3v) is 4.93. The van der Waals surface area contributed by atoms with Crippen LogP contribution in [-0.4, -0.2) is 9.55 Å². The lowest BCUT2D eigenvalue weighted by Gasteiger charge is -2.20. The zero-order valence-corrected chi connectivity index (χ0v) is 13.8. The van der Waals surface area contributed by atoms with Gasteiger partial charge in [0.1, 0.15) is 0 Å². The first-order valence-electron chi connectivity index (χ1n) is 7.28. The summed E-state index contributed by atoms with van der Waals surface area (Å²) in [6.07, 6.45) is 4.85. The highest BCUT2D eigenvalue weighted by atomic mass is 127. The van der Waals surface area contributed by atoms with E-state index in [0.717, 1.165) is 17.5 Å². The van der Waals surface area contributed by atoms with Crippen molar-refractivity contribution in [2.75, 3.05) is 5.73 Å². The summed E-state index contributed by atoms with van der Waals surface area (Å²) in [6.45, 7) is 0. The van der Waals surface area contributed by atoms with Crippen LogP contribution in [0.1, 0.15) is 24.0 Å². The van der Waals surface area contributed by atoms with Crippen LogP contribution in [0.3, 0.4) is 0 Å². The fraction of sp³-hybridized carbons (Fsp3) is 0.235. The SMILES string of the molecule is Nc1nc2cc(I)ccc2n1-c1cccc2c1CCCC2. The smallest absolute Gasteiger partial charge is 0.205 e. The second-order valence-electron chi connectivity index (χ2n) is 5.56. The van der Waals surface area contributed by atoms with Crippen LogP contribution in [0.4, 0.5) is 5.95 Å². The Labute approximate surface area is 137 Å². The van der Waals surface area contributed by atoms with E-state index in [-0.39, 0.29) is 0 Å². The van der Waals surface area contributed by atoms with Crippen LogP contribution in [0.15, 0.2) is 36.4 Å². The third-order valence-electron chi connectivity index (χ3n) is 4.25. The van der Waals surface area contributed by atoms with E-state index in [4.69, 9.17) is 5.73 Å². The lowest BCUT2D eigenvalue weighted by Crippen LogP contribution is -2.09. The molecule has 106 valence electrons. The highest BCUT2D eigenvalue weighted by Crippen LogP contribution is 2.31. The minimum atomic E-state index is 0.575. The molecule has 1 aromatic heterocycles. The first-order chi connectivity index (χ1) is 10.2. The first-order valence-corrected chi connectivity index (χ1v) is 8.36. The van der Waals surface area contributed by atoms with Crippen LogP contribution >= 0.6 is 22.6 Å². The number of nitrogens with zero attached hydrogens (tertiary/aromatic N) is 2. The fourth-order valence-corrected chi connectivity index (χ4v) is 3.77. The van der Waals surface area contributed by atoms with Gasteiger partial charge in [0.05, 0.1) is 16.7 Å². The van der Waals surface area contributed by atoms with Crippen molar-refractivity contribution in [1.82, 2.24) is 9.55 Å². The Morgan fingerprint density at radius 2 is 1.95 bits per heavy atom. The van der Waals surface area contributed by atoms with E-state index in [1.807, 2.05) is 0 Å². The number of hydrogen-bond donors (Lipinski definition) is 1. The van der Waals surface area contributed by atoms with Crippen LogP contribution < -0.4 is 5.73 Å². The Bertz CT molecular complexity index is 835. The fourth-order valence-electron chi connectivity index (χ4n) is 3.30. The molecular formula is C17H16IN3. The molecule has 0 amide bonds. The van der Waals surface area contributed by atoms with Gasteiger partial charge < -0.3 is 5.73 Å². The number of aryl methyl sites for hydroxylation is 1. The number of benzene rings is 2. The minimum Gasteiger partial charge on any atom is -0.369 e. The Kier molecular flexibility index (Phi) is 3.14. The normalized spacial score (nSPS) is 14.3. The van der Waals surface area contributed by atoms with E-state index in [9.17, 15) is 0 Å². The zero-order chi connectivity index (χ0) is 14.4. The van der Waals surface area contributed by atoms with Crippen molar-refractivity contribution in [3.63, 3.8) is 0 Å². The molecule has 4 rings (SSSR count). The van der Waals surface area contributed by atoms with Crippen LogP contribution in [0.5, 0.6) is 0 Å². The number of nitrogen functional groups attached to an aromatic ring is 1. The predicted molar refractivity (Wildman–Crippen MR) is 94.8 cm³/mol. The summed E-state index contributed by atoms with van der Waals surface area (Å²) in [5.41, 5.74) is 12.4. The van der Waals surface area contributed by atoms with E-state index >= 15 is 0 Å². The Morgan fingerprint density at radius 1 is 1.10 bits per heavy atom. The summed E-state index contributed by atoms with van der Waals surface area (Å²) >= 11 is 2.31. The number of halogens is 1. The summed E-state index contributed by atoms with van der Waals surface area (Å²) < 4.78 is 3.29. The molecule has 0 saturated heterocycles. The van der Waals surface area contributed by atoms with Crippen molar-refractivity contribution >= 4 is 39.6 Å². The minimum absolute atomic E-state index is 0.575. The van der Waals surface area contributed by atoms with Gasteiger partial charge >= 0.3 is 0 Å². The molecule has 0 fully saturated rings. The van der Waals surface area contributed by atoms with Crippen LogP contribution in [0.2, 0.25) is 0 Å². The van der Waals surface area contributed by atoms with Gasteiger partial charge in [-0.1, -0.05) is 12.1 Å². The average Bonchev–Trinajstić information content (AvgIpc) is 2.81. The standard InChI is InChI=1S/C17H16IN3/c18-12-8-9-16-14(10-12)20-17(19)21(16)15-7-3-5-11-4-1-2-6-13(11)15/h3,5,7-10H,1-2,4,6H2,(H2,19,20). The summed E-state index contributed by atoms with van der Waals surface area (Å²) in [5.74, 6) is 0.575. The molecule has 0 aliphatic heterocycles. The van der Waals surface area contributed by atoms with Gasteiger partial charge in [-0.15, -0.1) is 0 Å². The molecule has 21 heavy (non-hydrogen) atoms. The Balaban J connectivity index is 2.01. The predicted octanol–water partition coefficient (Wildman–Crippen LogP) is 4.09. The Morgan fingerprint density at radius 3 is 2.86 bits per heavy atom. The van der Waals surface area contributed by atoms with Gasteiger partial charge in [0, 0.05) is 3.57 Å². The van der Waals surface area contributed by atoms with E-state index in [1.165, 1.54) is 39.6 Å². The quantitative estimate of drug-likeness (QED) is 0.638. The number of fused-ring (bicyclic) bond motifs is 2. The number of rotatable bonds is 1. The molecule has 1 aliphatic rings. The van der Waals surface area contributed by atoms with E-state index in [1.54, 1.807) is 0 Å². The number of aromatic nitrogens is 2. The van der Waals surface area contributed by atoms with E-state index in [2.05, 4.69) is 68.5 Å². The number of imidazole rings is 1. The molecule has 1 heterocycles. The van der Waals surface area contributed by atoms with Gasteiger partial charge in [-0.3, -0.25) is 4.57 Å². The van der Waals surface area contributed by atoms with Gasteiger partial charge in [-0.25, -0.2) is 4.98 Å². The molecule has 0 unspecified atom stereocenters. The van der Waals surface area contributed by atoms with Crippen LogP contribution in [-0.2, 0) is 12.8 Å². The highest BCUT2D eigenvalue weighted by molar-refractivity contribution is 14.1. The molecule has 0 radical (unpaired) electrons. The van der Waals surface area contributed by atoms with Gasteiger partial charge in [0.2, 0.25) is 5.95 Å². The monoisotopic (exact) mass is 389 g/mol. The second kappa shape index (κ2) is 5.02. The molecule has 0 atom stereocenters. The largest absolute Gasteiger partial charge is 0.369 e. The number of nitrogens with two attached hydrogens (primary N) is 1. The average molecular weight is 389 g/mol. The summed E-state index contributed by atoms with van der Waals surface area (Å²) in [7, 11) is 0. The van der Waals surface area contributed by atoms with E-state index < -0.39 is 0 Å². The third kappa shape index (κ3) is 2.12. The maximum absolute atomic E-state index is 6.22. The maximum atomic E-state index is 6.22. The van der Waals surface area contributed by atoms with Crippen LogP contribution in [0, 0.1) is 3.57 Å². The molecule has 3 nitrogen and oxygen atoms in total. The zero-order valence-electron chi connectivity index (χ0n) is 11.6. The van der Waals surface area contributed by atoms with Gasteiger partial charge in [-0.2, -0.15) is 0 Å². The lowest BCUT2D eigenvalue weighted by molar-refractivity contribution is 0.682. The van der Waals surface area contributed by atoms with Crippen molar-refractivity contribution in [2.45, 2.75) is 25.7 Å².